The van der Waals surface area contributed by atoms with Crippen LogP contribution in [0.1, 0.15) is 46.2 Å². The van der Waals surface area contributed by atoms with Crippen LogP contribution in [0.2, 0.25) is 5.02 Å². The Morgan fingerprint density at radius 2 is 2.06 bits per heavy atom. The molecular formula is C23H26Cl2FN3O5. The Balaban J connectivity index is 0.00000324. The van der Waals surface area contributed by atoms with E-state index in [2.05, 4.69) is 5.32 Å². The molecule has 1 saturated carbocycles. The largest absolute Gasteiger partial charge is 0.503 e. The van der Waals surface area contributed by atoms with Gasteiger partial charge < -0.3 is 24.6 Å². The molecule has 0 saturated heterocycles. The number of likely N-dealkylation sites (N-methyl/N-ethyl adjacent to an activating group) is 1. The quantitative estimate of drug-likeness (QED) is 0.618. The number of carbonyl (C=O) groups is 2. The van der Waals surface area contributed by atoms with Gasteiger partial charge in [0.25, 0.3) is 11.8 Å². The molecule has 1 aliphatic heterocycles. The number of aromatic hydroxyl groups is 1. The highest BCUT2D eigenvalue weighted by molar-refractivity contribution is 6.30. The summed E-state index contributed by atoms with van der Waals surface area (Å²) in [5.74, 6) is -2.43. The number of fused-ring (bicyclic) bond motifs is 2. The van der Waals surface area contributed by atoms with Crippen molar-refractivity contribution < 1.29 is 23.8 Å². The van der Waals surface area contributed by atoms with Crippen LogP contribution in [-0.2, 0) is 16.8 Å². The summed E-state index contributed by atoms with van der Waals surface area (Å²) in [5.41, 5.74) is -1.78. The number of hydrogen-bond acceptors (Lipinski definition) is 5. The summed E-state index contributed by atoms with van der Waals surface area (Å²) in [6, 6.07) is 4.41. The Bertz CT molecular complexity index is 1180. The lowest BCUT2D eigenvalue weighted by molar-refractivity contribution is -0.0265. The molecule has 1 aromatic heterocycles. The maximum absolute atomic E-state index is 14.1. The molecule has 8 nitrogen and oxygen atoms in total. The lowest BCUT2D eigenvalue weighted by atomic mass is 9.67. The van der Waals surface area contributed by atoms with E-state index in [1.165, 1.54) is 23.2 Å². The van der Waals surface area contributed by atoms with Crippen molar-refractivity contribution >= 4 is 35.8 Å². The highest BCUT2D eigenvalue weighted by Crippen LogP contribution is 2.48. The number of aromatic nitrogens is 1. The normalized spacial score (nSPS) is 21.0. The Morgan fingerprint density at radius 3 is 2.74 bits per heavy atom. The van der Waals surface area contributed by atoms with E-state index in [9.17, 15) is 23.9 Å². The van der Waals surface area contributed by atoms with Gasteiger partial charge in [-0.05, 0) is 31.7 Å². The summed E-state index contributed by atoms with van der Waals surface area (Å²) >= 11 is 5.78. The molecule has 34 heavy (non-hydrogen) atoms. The number of halogens is 3. The summed E-state index contributed by atoms with van der Waals surface area (Å²) < 4.78 is 21.2. The van der Waals surface area contributed by atoms with Crippen LogP contribution in [0.4, 0.5) is 4.39 Å². The summed E-state index contributed by atoms with van der Waals surface area (Å²) in [5, 5.41) is 13.0. The number of benzene rings is 1. The van der Waals surface area contributed by atoms with Crippen molar-refractivity contribution in [1.29, 1.82) is 0 Å². The third kappa shape index (κ3) is 4.39. The van der Waals surface area contributed by atoms with Gasteiger partial charge in [-0.15, -0.1) is 12.4 Å². The van der Waals surface area contributed by atoms with Gasteiger partial charge in [0, 0.05) is 45.1 Å². The number of hydrogen-bond donors (Lipinski definition) is 2. The minimum Gasteiger partial charge on any atom is -0.503 e. The van der Waals surface area contributed by atoms with Crippen LogP contribution in [0.15, 0.2) is 29.2 Å². The van der Waals surface area contributed by atoms with Gasteiger partial charge in [0.15, 0.2) is 11.4 Å². The predicted molar refractivity (Wildman–Crippen MR) is 126 cm³/mol. The topological polar surface area (TPSA) is 101 Å². The molecule has 2 amide bonds. The van der Waals surface area contributed by atoms with Crippen molar-refractivity contribution in [3.8, 4) is 5.75 Å². The van der Waals surface area contributed by atoms with E-state index >= 15 is 0 Å². The van der Waals surface area contributed by atoms with Gasteiger partial charge >= 0.3 is 0 Å². The zero-order valence-electron chi connectivity index (χ0n) is 18.8. The summed E-state index contributed by atoms with van der Waals surface area (Å²) in [4.78, 5) is 39.9. The summed E-state index contributed by atoms with van der Waals surface area (Å²) in [6.45, 7) is 3.29. The van der Waals surface area contributed by atoms with Crippen molar-refractivity contribution in [2.45, 2.75) is 31.8 Å². The van der Waals surface area contributed by atoms with E-state index < -0.39 is 34.3 Å². The second-order valence-electron chi connectivity index (χ2n) is 8.65. The standard InChI is InChI=1S/C23H25ClFN3O5.ClH/c1-3-33-11-13-7-23(8-13)12-27(2)22(32)18-20(30)19(29)15(10-28(18)23)21(31)26-9-14-5-4-6-16(24)17(14)25;/h4-6,10,13,30H,3,7-9,11-12H2,1-2H3,(H,26,31);1H/t13-,23-;. The Labute approximate surface area is 207 Å². The maximum Gasteiger partial charge on any atom is 0.274 e. The molecule has 2 heterocycles. The highest BCUT2D eigenvalue weighted by atomic mass is 35.5. The van der Waals surface area contributed by atoms with Crippen LogP contribution in [0, 0.1) is 11.7 Å². The zero-order chi connectivity index (χ0) is 23.9. The first-order chi connectivity index (χ1) is 15.7. The van der Waals surface area contributed by atoms with E-state index in [0.717, 1.165) is 0 Å². The van der Waals surface area contributed by atoms with Gasteiger partial charge in [0.2, 0.25) is 5.43 Å². The minimum absolute atomic E-state index is 0. The van der Waals surface area contributed by atoms with Crippen molar-refractivity contribution in [3.05, 3.63) is 62.3 Å². The molecule has 1 aromatic carbocycles. The molecule has 1 fully saturated rings. The Kier molecular flexibility index (Phi) is 7.59. The number of pyridine rings is 1. The number of nitrogens with zero attached hydrogens (tertiary/aromatic N) is 2. The van der Waals surface area contributed by atoms with Crippen molar-refractivity contribution in [3.63, 3.8) is 0 Å². The van der Waals surface area contributed by atoms with E-state index in [0.29, 0.717) is 32.6 Å². The average molecular weight is 514 g/mol. The van der Waals surface area contributed by atoms with Gasteiger partial charge in [-0.3, -0.25) is 14.4 Å². The minimum atomic E-state index is -0.950. The lowest BCUT2D eigenvalue weighted by Crippen LogP contribution is -2.60. The summed E-state index contributed by atoms with van der Waals surface area (Å²) in [6.07, 6.45) is 2.69. The third-order valence-electron chi connectivity index (χ3n) is 6.39. The molecule has 0 bridgehead atoms. The number of carbonyl (C=O) groups excluding carboxylic acids is 2. The van der Waals surface area contributed by atoms with E-state index in [1.807, 2.05) is 6.92 Å². The monoisotopic (exact) mass is 513 g/mol. The molecule has 11 heteroatoms. The Morgan fingerprint density at radius 1 is 1.35 bits per heavy atom. The van der Waals surface area contributed by atoms with Crippen molar-refractivity contribution in [1.82, 2.24) is 14.8 Å². The molecule has 1 aliphatic carbocycles. The van der Waals surface area contributed by atoms with Gasteiger partial charge in [0.05, 0.1) is 10.6 Å². The molecular weight excluding hydrogens is 488 g/mol. The van der Waals surface area contributed by atoms with Crippen molar-refractivity contribution in [2.75, 3.05) is 26.8 Å². The fourth-order valence-corrected chi connectivity index (χ4v) is 5.00. The fourth-order valence-electron chi connectivity index (χ4n) is 4.81. The molecule has 4 rings (SSSR count). The third-order valence-corrected chi connectivity index (χ3v) is 6.68. The van der Waals surface area contributed by atoms with Crippen LogP contribution in [0.5, 0.6) is 5.75 Å². The molecule has 2 N–H and O–H groups in total. The molecule has 0 unspecified atom stereocenters. The number of rotatable bonds is 6. The highest BCUT2D eigenvalue weighted by Gasteiger charge is 2.51. The van der Waals surface area contributed by atoms with Gasteiger partial charge in [-0.2, -0.15) is 0 Å². The van der Waals surface area contributed by atoms with E-state index in [1.54, 1.807) is 17.7 Å². The zero-order valence-corrected chi connectivity index (χ0v) is 20.3. The fraction of sp³-hybridized carbons (Fsp3) is 0.435. The molecule has 0 atom stereocenters. The van der Waals surface area contributed by atoms with Gasteiger partial charge in [-0.1, -0.05) is 23.7 Å². The molecule has 2 aromatic rings. The van der Waals surface area contributed by atoms with Crippen LogP contribution in [-0.4, -0.2) is 53.2 Å². The van der Waals surface area contributed by atoms with Crippen molar-refractivity contribution in [2.24, 2.45) is 5.92 Å². The second-order valence-corrected chi connectivity index (χ2v) is 9.06. The molecule has 1 spiro atoms. The number of amides is 2. The van der Waals surface area contributed by atoms with Gasteiger partial charge in [0.1, 0.15) is 11.4 Å². The van der Waals surface area contributed by atoms with E-state index in [4.69, 9.17) is 16.3 Å². The SMILES string of the molecule is CCOC[C@H]1C[C@@]2(CN(C)C(=O)c3c(O)c(=O)c(C(=O)NCc4cccc(Cl)c4F)cn32)C1.Cl. The van der Waals surface area contributed by atoms with E-state index in [-0.39, 0.29) is 46.7 Å². The first-order valence-electron chi connectivity index (χ1n) is 10.7. The average Bonchev–Trinajstić information content (AvgIpc) is 2.76. The second kappa shape index (κ2) is 9.93. The van der Waals surface area contributed by atoms with Crippen LogP contribution in [0.3, 0.4) is 0 Å². The number of ether oxygens (including phenoxy) is 1. The summed E-state index contributed by atoms with van der Waals surface area (Å²) in [7, 11) is 1.62. The molecule has 0 radical (unpaired) electrons. The molecule has 184 valence electrons. The Hall–Kier alpha value is -2.62. The molecule has 2 aliphatic rings. The van der Waals surface area contributed by atoms with Crippen LogP contribution >= 0.6 is 24.0 Å². The number of nitrogens with one attached hydrogen (secondary N) is 1. The van der Waals surface area contributed by atoms with Crippen LogP contribution in [0.25, 0.3) is 0 Å². The van der Waals surface area contributed by atoms with Gasteiger partial charge in [-0.25, -0.2) is 4.39 Å². The smallest absolute Gasteiger partial charge is 0.274 e. The predicted octanol–water partition coefficient (Wildman–Crippen LogP) is 2.93. The maximum atomic E-state index is 14.1. The first-order valence-corrected chi connectivity index (χ1v) is 11.1. The first kappa shape index (κ1) is 26.0. The lowest BCUT2D eigenvalue weighted by Gasteiger charge is -2.54. The van der Waals surface area contributed by atoms with Crippen LogP contribution < -0.4 is 10.7 Å².